The van der Waals surface area contributed by atoms with Crippen LogP contribution in [-0.2, 0) is 16.1 Å². The fraction of sp³-hybridized carbons (Fsp3) is 0.333. The van der Waals surface area contributed by atoms with Crippen molar-refractivity contribution >= 4 is 32.7 Å². The van der Waals surface area contributed by atoms with Gasteiger partial charge in [0.2, 0.25) is 5.91 Å². The van der Waals surface area contributed by atoms with Crippen molar-refractivity contribution in [3.8, 4) is 0 Å². The van der Waals surface area contributed by atoms with Crippen LogP contribution >= 0.6 is 15.9 Å². The second-order valence-electron chi connectivity index (χ2n) is 4.97. The minimum Gasteiger partial charge on any atom is -0.381 e. The molecule has 0 unspecified atom stereocenters. The van der Waals surface area contributed by atoms with Crippen molar-refractivity contribution in [1.29, 1.82) is 0 Å². The van der Waals surface area contributed by atoms with Gasteiger partial charge in [-0.3, -0.25) is 9.78 Å². The molecule has 5 heteroatoms. The number of amides is 1. The number of ether oxygens (including phenoxy) is 1. The molecule has 0 radical (unpaired) electrons. The van der Waals surface area contributed by atoms with Gasteiger partial charge >= 0.3 is 0 Å². The number of aromatic nitrogens is 1. The van der Waals surface area contributed by atoms with Crippen molar-refractivity contribution < 1.29 is 9.53 Å². The van der Waals surface area contributed by atoms with Gasteiger partial charge in [0.1, 0.15) is 0 Å². The second kappa shape index (κ2) is 5.50. The fourth-order valence-corrected chi connectivity index (χ4v) is 2.77. The highest BCUT2D eigenvalue weighted by Gasteiger charge is 2.43. The van der Waals surface area contributed by atoms with Crippen LogP contribution in [-0.4, -0.2) is 24.1 Å². The van der Waals surface area contributed by atoms with Crippen LogP contribution in [0, 0.1) is 5.92 Å². The minimum atomic E-state index is 0.0147. The number of nitrogens with one attached hydrogen (secondary N) is 1. The van der Waals surface area contributed by atoms with Crippen LogP contribution in [0.1, 0.15) is 12.0 Å². The molecule has 1 aliphatic rings. The summed E-state index contributed by atoms with van der Waals surface area (Å²) in [6.07, 6.45) is 2.69. The number of hydrogen-bond donors (Lipinski definition) is 1. The number of methoxy groups -OCH3 is 1. The van der Waals surface area contributed by atoms with Gasteiger partial charge in [-0.05, 0) is 30.2 Å². The molecular weight excluding hydrogens is 320 g/mol. The molecule has 3 rings (SSSR count). The van der Waals surface area contributed by atoms with Gasteiger partial charge in [-0.25, -0.2) is 0 Å². The Labute approximate surface area is 125 Å². The number of hydrogen-bond acceptors (Lipinski definition) is 3. The van der Waals surface area contributed by atoms with Gasteiger partial charge in [-0.1, -0.05) is 22.0 Å². The smallest absolute Gasteiger partial charge is 0.226 e. The first kappa shape index (κ1) is 13.5. The van der Waals surface area contributed by atoms with Crippen LogP contribution in [0.3, 0.4) is 0 Å². The van der Waals surface area contributed by atoms with E-state index in [1.54, 1.807) is 13.3 Å². The number of nitrogens with zero attached hydrogens (tertiary/aromatic N) is 1. The zero-order valence-electron chi connectivity index (χ0n) is 11.1. The average Bonchev–Trinajstić information content (AvgIpc) is 3.24. The molecule has 1 heterocycles. The lowest BCUT2D eigenvalue weighted by Crippen LogP contribution is -2.26. The molecule has 0 aliphatic heterocycles. The van der Waals surface area contributed by atoms with E-state index in [2.05, 4.69) is 26.2 Å². The molecule has 1 aliphatic carbocycles. The highest BCUT2D eigenvalue weighted by atomic mass is 79.9. The van der Waals surface area contributed by atoms with Crippen molar-refractivity contribution in [2.45, 2.75) is 19.1 Å². The Bertz CT molecular complexity index is 659. The number of carbonyl (C=O) groups is 1. The Balaban J connectivity index is 1.71. The van der Waals surface area contributed by atoms with Crippen LogP contribution in [0.2, 0.25) is 0 Å². The molecular formula is C15H15BrN2O2. The molecule has 1 amide bonds. The molecule has 1 fully saturated rings. The van der Waals surface area contributed by atoms with E-state index in [0.29, 0.717) is 6.54 Å². The van der Waals surface area contributed by atoms with Gasteiger partial charge < -0.3 is 10.1 Å². The van der Waals surface area contributed by atoms with Crippen molar-refractivity contribution in [2.75, 3.05) is 7.11 Å². The van der Waals surface area contributed by atoms with Gasteiger partial charge in [0.15, 0.2) is 0 Å². The van der Waals surface area contributed by atoms with Crippen LogP contribution in [0.15, 0.2) is 34.9 Å². The van der Waals surface area contributed by atoms with Crippen LogP contribution in [0.4, 0.5) is 0 Å². The second-order valence-corrected chi connectivity index (χ2v) is 5.83. The topological polar surface area (TPSA) is 51.2 Å². The largest absolute Gasteiger partial charge is 0.381 e. The van der Waals surface area contributed by atoms with E-state index >= 15 is 0 Å². The van der Waals surface area contributed by atoms with E-state index in [1.165, 1.54) is 0 Å². The Morgan fingerprint density at radius 1 is 1.55 bits per heavy atom. The summed E-state index contributed by atoms with van der Waals surface area (Å²) in [7, 11) is 1.64. The lowest BCUT2D eigenvalue weighted by Gasteiger charge is -2.08. The Morgan fingerprint density at radius 3 is 3.15 bits per heavy atom. The van der Waals surface area contributed by atoms with Gasteiger partial charge in [0, 0.05) is 29.7 Å². The lowest BCUT2D eigenvalue weighted by atomic mass is 10.1. The van der Waals surface area contributed by atoms with Gasteiger partial charge in [-0.2, -0.15) is 0 Å². The highest BCUT2D eigenvalue weighted by Crippen LogP contribution is 2.33. The zero-order valence-corrected chi connectivity index (χ0v) is 12.7. The molecule has 0 saturated heterocycles. The maximum Gasteiger partial charge on any atom is 0.226 e. The van der Waals surface area contributed by atoms with Crippen LogP contribution in [0.25, 0.3) is 10.9 Å². The molecule has 1 saturated carbocycles. The van der Waals surface area contributed by atoms with E-state index in [9.17, 15) is 4.79 Å². The predicted octanol–water partition coefficient (Wildman–Crippen LogP) is 2.65. The van der Waals surface area contributed by atoms with E-state index < -0.39 is 0 Å². The summed E-state index contributed by atoms with van der Waals surface area (Å²) in [5.74, 6) is 0.0796. The van der Waals surface area contributed by atoms with E-state index in [-0.39, 0.29) is 17.9 Å². The summed E-state index contributed by atoms with van der Waals surface area (Å²) in [6.45, 7) is 0.511. The highest BCUT2D eigenvalue weighted by molar-refractivity contribution is 9.10. The van der Waals surface area contributed by atoms with Crippen molar-refractivity contribution in [3.63, 3.8) is 0 Å². The van der Waals surface area contributed by atoms with Gasteiger partial charge in [0.25, 0.3) is 0 Å². The summed E-state index contributed by atoms with van der Waals surface area (Å²) in [5, 5.41) is 4.03. The third kappa shape index (κ3) is 2.69. The number of pyridine rings is 1. The quantitative estimate of drug-likeness (QED) is 0.935. The number of carbonyl (C=O) groups excluding carboxylic acids is 1. The molecule has 104 valence electrons. The minimum absolute atomic E-state index is 0.0147. The summed E-state index contributed by atoms with van der Waals surface area (Å²) in [6, 6.07) is 7.95. The van der Waals surface area contributed by atoms with Crippen LogP contribution < -0.4 is 5.32 Å². The van der Waals surface area contributed by atoms with Crippen molar-refractivity contribution in [2.24, 2.45) is 5.92 Å². The average molecular weight is 335 g/mol. The monoisotopic (exact) mass is 334 g/mol. The number of halogens is 1. The molecule has 0 spiro atoms. The van der Waals surface area contributed by atoms with E-state index in [4.69, 9.17) is 4.74 Å². The molecule has 1 N–H and O–H groups in total. The Hall–Kier alpha value is -1.46. The molecule has 20 heavy (non-hydrogen) atoms. The van der Waals surface area contributed by atoms with Gasteiger partial charge in [-0.15, -0.1) is 0 Å². The molecule has 2 atom stereocenters. The first-order valence-electron chi connectivity index (χ1n) is 6.52. The summed E-state index contributed by atoms with van der Waals surface area (Å²) >= 11 is 3.53. The molecule has 4 nitrogen and oxygen atoms in total. The van der Waals surface area contributed by atoms with E-state index in [1.807, 2.05) is 24.3 Å². The SMILES string of the molecule is CO[C@@H]1C[C@H]1C(=O)NCc1cc2cccnc2cc1Br. The summed E-state index contributed by atoms with van der Waals surface area (Å²) < 4.78 is 6.11. The van der Waals surface area contributed by atoms with Crippen molar-refractivity contribution in [3.05, 3.63) is 40.5 Å². The molecule has 1 aromatic heterocycles. The number of benzene rings is 1. The summed E-state index contributed by atoms with van der Waals surface area (Å²) in [5.41, 5.74) is 1.99. The van der Waals surface area contributed by atoms with Crippen molar-refractivity contribution in [1.82, 2.24) is 10.3 Å². The fourth-order valence-electron chi connectivity index (χ4n) is 2.30. The number of fused-ring (bicyclic) bond motifs is 1. The Kier molecular flexibility index (Phi) is 3.72. The predicted molar refractivity (Wildman–Crippen MR) is 80.2 cm³/mol. The first-order chi connectivity index (χ1) is 9.69. The lowest BCUT2D eigenvalue weighted by molar-refractivity contribution is -0.123. The maximum atomic E-state index is 11.9. The van der Waals surface area contributed by atoms with E-state index in [0.717, 1.165) is 27.4 Å². The maximum absolute atomic E-state index is 11.9. The first-order valence-corrected chi connectivity index (χ1v) is 7.32. The third-order valence-corrected chi connectivity index (χ3v) is 4.33. The Morgan fingerprint density at radius 2 is 2.40 bits per heavy atom. The molecule has 0 bridgehead atoms. The summed E-state index contributed by atoms with van der Waals surface area (Å²) in [4.78, 5) is 16.2. The third-order valence-electron chi connectivity index (χ3n) is 3.60. The standard InChI is InChI=1S/C15H15BrN2O2/c1-20-14-6-11(14)15(19)18-8-10-5-9-3-2-4-17-13(9)7-12(10)16/h2-5,7,11,14H,6,8H2,1H3,(H,18,19)/t11-,14-/m1/s1. The van der Waals surface area contributed by atoms with Crippen LogP contribution in [0.5, 0.6) is 0 Å². The number of rotatable bonds is 4. The molecule has 1 aromatic carbocycles. The zero-order chi connectivity index (χ0) is 14.1. The molecule has 2 aromatic rings. The normalized spacial score (nSPS) is 20.9. The van der Waals surface area contributed by atoms with Gasteiger partial charge in [0.05, 0.1) is 17.5 Å².